The minimum atomic E-state index is -0.197. The number of anilines is 1. The van der Waals surface area contributed by atoms with E-state index in [4.69, 9.17) is 0 Å². The van der Waals surface area contributed by atoms with Crippen LogP contribution in [0.5, 0.6) is 0 Å². The second kappa shape index (κ2) is 3.69. The van der Waals surface area contributed by atoms with Gasteiger partial charge in [-0.2, -0.15) is 0 Å². The Labute approximate surface area is 96.9 Å². The van der Waals surface area contributed by atoms with Gasteiger partial charge in [-0.15, -0.1) is 0 Å². The van der Waals surface area contributed by atoms with Gasteiger partial charge in [0.25, 0.3) is 5.56 Å². The molecule has 5 heteroatoms. The lowest BCUT2D eigenvalue weighted by Gasteiger charge is -2.06. The maximum absolute atomic E-state index is 11.7. The molecule has 0 unspecified atom stereocenters. The number of H-pyrrole nitrogens is 1. The summed E-state index contributed by atoms with van der Waals surface area (Å²) in [4.78, 5) is 29.8. The molecule has 1 aliphatic carbocycles. The summed E-state index contributed by atoms with van der Waals surface area (Å²) in [6.45, 7) is 0. The van der Waals surface area contributed by atoms with Crippen LogP contribution >= 0.6 is 0 Å². The van der Waals surface area contributed by atoms with Crippen LogP contribution in [-0.2, 0) is 4.79 Å². The van der Waals surface area contributed by atoms with Gasteiger partial charge in [0.1, 0.15) is 5.52 Å². The maximum Gasteiger partial charge on any atom is 0.258 e. The molecule has 2 aromatic rings. The number of para-hydroxylation sites is 1. The normalized spacial score (nSPS) is 14.8. The summed E-state index contributed by atoms with van der Waals surface area (Å²) in [5.74, 6) is 0.145. The van der Waals surface area contributed by atoms with E-state index in [9.17, 15) is 9.59 Å². The van der Waals surface area contributed by atoms with Crippen molar-refractivity contribution in [2.75, 3.05) is 5.32 Å². The van der Waals surface area contributed by atoms with Gasteiger partial charge >= 0.3 is 0 Å². The Morgan fingerprint density at radius 1 is 1.41 bits per heavy atom. The summed E-state index contributed by atoms with van der Waals surface area (Å²) in [6.07, 6.45) is 3.24. The lowest BCUT2D eigenvalue weighted by Crippen LogP contribution is -2.15. The molecule has 1 fully saturated rings. The molecule has 17 heavy (non-hydrogen) atoms. The predicted molar refractivity (Wildman–Crippen MR) is 63.7 cm³/mol. The highest BCUT2D eigenvalue weighted by atomic mass is 16.2. The van der Waals surface area contributed by atoms with Crippen LogP contribution in [0.15, 0.2) is 29.3 Å². The van der Waals surface area contributed by atoms with Crippen LogP contribution in [0.3, 0.4) is 0 Å². The van der Waals surface area contributed by atoms with Crippen molar-refractivity contribution in [3.8, 4) is 0 Å². The monoisotopic (exact) mass is 229 g/mol. The van der Waals surface area contributed by atoms with E-state index in [1.807, 2.05) is 0 Å². The number of aromatic nitrogens is 2. The number of aromatic amines is 1. The zero-order chi connectivity index (χ0) is 11.8. The Kier molecular flexibility index (Phi) is 2.18. The van der Waals surface area contributed by atoms with E-state index < -0.39 is 0 Å². The van der Waals surface area contributed by atoms with Gasteiger partial charge in [-0.1, -0.05) is 6.07 Å². The summed E-state index contributed by atoms with van der Waals surface area (Å²) in [5.41, 5.74) is 0.938. The van der Waals surface area contributed by atoms with Crippen LogP contribution in [0, 0.1) is 5.92 Å². The molecule has 1 heterocycles. The van der Waals surface area contributed by atoms with E-state index >= 15 is 0 Å². The molecule has 0 saturated heterocycles. The number of fused-ring (bicyclic) bond motifs is 1. The third kappa shape index (κ3) is 1.80. The number of hydrogen-bond acceptors (Lipinski definition) is 3. The second-order valence-electron chi connectivity index (χ2n) is 4.20. The van der Waals surface area contributed by atoms with Crippen molar-refractivity contribution in [1.29, 1.82) is 0 Å². The van der Waals surface area contributed by atoms with Gasteiger partial charge in [-0.3, -0.25) is 9.59 Å². The van der Waals surface area contributed by atoms with E-state index in [-0.39, 0.29) is 17.4 Å². The first-order valence-corrected chi connectivity index (χ1v) is 5.53. The fourth-order valence-corrected chi connectivity index (χ4v) is 1.78. The zero-order valence-corrected chi connectivity index (χ0v) is 9.06. The Hall–Kier alpha value is -2.17. The molecular weight excluding hydrogens is 218 g/mol. The highest BCUT2D eigenvalue weighted by Crippen LogP contribution is 2.30. The van der Waals surface area contributed by atoms with Gasteiger partial charge in [-0.05, 0) is 25.0 Å². The largest absolute Gasteiger partial charge is 0.324 e. The third-order valence-electron chi connectivity index (χ3n) is 2.88. The van der Waals surface area contributed by atoms with Crippen LogP contribution < -0.4 is 10.9 Å². The molecular formula is C12H11N3O2. The van der Waals surface area contributed by atoms with E-state index in [2.05, 4.69) is 15.3 Å². The summed E-state index contributed by atoms with van der Waals surface area (Å²) >= 11 is 0. The van der Waals surface area contributed by atoms with Crippen molar-refractivity contribution in [3.05, 3.63) is 34.9 Å². The number of rotatable bonds is 2. The van der Waals surface area contributed by atoms with Crippen molar-refractivity contribution < 1.29 is 4.79 Å². The summed E-state index contributed by atoms with van der Waals surface area (Å²) in [6, 6.07) is 5.19. The van der Waals surface area contributed by atoms with Crippen molar-refractivity contribution in [2.45, 2.75) is 12.8 Å². The zero-order valence-electron chi connectivity index (χ0n) is 9.06. The smallest absolute Gasteiger partial charge is 0.258 e. The molecule has 86 valence electrons. The van der Waals surface area contributed by atoms with Gasteiger partial charge in [0.05, 0.1) is 17.4 Å². The SMILES string of the molecule is O=C(Nc1cccc2c(=O)[nH]cnc12)C1CC1. The van der Waals surface area contributed by atoms with E-state index in [1.54, 1.807) is 18.2 Å². The molecule has 3 rings (SSSR count). The first-order chi connectivity index (χ1) is 8.25. The molecule has 1 saturated carbocycles. The Balaban J connectivity index is 2.06. The second-order valence-corrected chi connectivity index (χ2v) is 4.20. The predicted octanol–water partition coefficient (Wildman–Crippen LogP) is 1.27. The number of nitrogens with zero attached hydrogens (tertiary/aromatic N) is 1. The molecule has 0 atom stereocenters. The average Bonchev–Trinajstić information content (AvgIpc) is 3.14. The molecule has 0 aliphatic heterocycles. The number of benzene rings is 1. The molecule has 0 spiro atoms. The number of nitrogens with one attached hydrogen (secondary N) is 2. The van der Waals surface area contributed by atoms with Crippen molar-refractivity contribution >= 4 is 22.5 Å². The van der Waals surface area contributed by atoms with E-state index in [1.165, 1.54) is 6.33 Å². The molecule has 1 amide bonds. The van der Waals surface area contributed by atoms with Crippen LogP contribution in [0.4, 0.5) is 5.69 Å². The Morgan fingerprint density at radius 2 is 2.24 bits per heavy atom. The molecule has 2 N–H and O–H groups in total. The van der Waals surface area contributed by atoms with E-state index in [0.717, 1.165) is 12.8 Å². The number of carbonyl (C=O) groups is 1. The highest BCUT2D eigenvalue weighted by Gasteiger charge is 2.29. The lowest BCUT2D eigenvalue weighted by molar-refractivity contribution is -0.117. The fraction of sp³-hybridized carbons (Fsp3) is 0.250. The van der Waals surface area contributed by atoms with Crippen LogP contribution in [0.1, 0.15) is 12.8 Å². The minimum absolute atomic E-state index is 0.0135. The number of hydrogen-bond donors (Lipinski definition) is 2. The third-order valence-corrected chi connectivity index (χ3v) is 2.88. The highest BCUT2D eigenvalue weighted by molar-refractivity contribution is 6.01. The standard InChI is InChI=1S/C12H11N3O2/c16-11(7-4-5-7)15-9-3-1-2-8-10(9)13-6-14-12(8)17/h1-3,6-7H,4-5H2,(H,15,16)(H,13,14,17). The summed E-state index contributed by atoms with van der Waals surface area (Å²) in [5, 5.41) is 3.31. The van der Waals surface area contributed by atoms with E-state index in [0.29, 0.717) is 16.6 Å². The van der Waals surface area contributed by atoms with Crippen LogP contribution in [-0.4, -0.2) is 15.9 Å². The van der Waals surface area contributed by atoms with Crippen LogP contribution in [0.2, 0.25) is 0 Å². The topological polar surface area (TPSA) is 74.8 Å². The molecule has 1 aromatic carbocycles. The van der Waals surface area contributed by atoms with Gasteiger partial charge in [0.15, 0.2) is 0 Å². The maximum atomic E-state index is 11.7. The van der Waals surface area contributed by atoms with Gasteiger partial charge < -0.3 is 10.3 Å². The summed E-state index contributed by atoms with van der Waals surface area (Å²) in [7, 11) is 0. The van der Waals surface area contributed by atoms with Crippen molar-refractivity contribution in [1.82, 2.24) is 9.97 Å². The lowest BCUT2D eigenvalue weighted by atomic mass is 10.2. The van der Waals surface area contributed by atoms with Crippen LogP contribution in [0.25, 0.3) is 10.9 Å². The fourth-order valence-electron chi connectivity index (χ4n) is 1.78. The van der Waals surface area contributed by atoms with Crippen molar-refractivity contribution in [3.63, 3.8) is 0 Å². The molecule has 0 bridgehead atoms. The number of amides is 1. The van der Waals surface area contributed by atoms with Gasteiger partial charge in [0.2, 0.25) is 5.91 Å². The average molecular weight is 229 g/mol. The Morgan fingerprint density at radius 3 is 3.00 bits per heavy atom. The van der Waals surface area contributed by atoms with Crippen molar-refractivity contribution in [2.24, 2.45) is 5.92 Å². The molecule has 1 aromatic heterocycles. The Bertz CT molecular complexity index is 643. The summed E-state index contributed by atoms with van der Waals surface area (Å²) < 4.78 is 0. The quantitative estimate of drug-likeness (QED) is 0.814. The van der Waals surface area contributed by atoms with Gasteiger partial charge in [0, 0.05) is 5.92 Å². The number of carbonyl (C=O) groups excluding carboxylic acids is 1. The molecule has 0 radical (unpaired) electrons. The van der Waals surface area contributed by atoms with Gasteiger partial charge in [-0.25, -0.2) is 4.98 Å². The first kappa shape index (κ1) is 10.0. The first-order valence-electron chi connectivity index (χ1n) is 5.53. The minimum Gasteiger partial charge on any atom is -0.324 e. The molecule has 5 nitrogen and oxygen atoms in total. The molecule has 1 aliphatic rings.